The third-order valence-corrected chi connectivity index (χ3v) is 3.23. The number of aromatic nitrogens is 2. The summed E-state index contributed by atoms with van der Waals surface area (Å²) in [6.45, 7) is 0.619. The first-order valence-electron chi connectivity index (χ1n) is 4.78. The topological polar surface area (TPSA) is 64.0 Å². The maximum absolute atomic E-state index is 11.4. The Balaban J connectivity index is 2.58. The van der Waals surface area contributed by atoms with Gasteiger partial charge in [0.05, 0.1) is 11.9 Å². The highest BCUT2D eigenvalue weighted by molar-refractivity contribution is 7.84. The van der Waals surface area contributed by atoms with Gasteiger partial charge in [-0.3, -0.25) is 9.00 Å². The molecule has 0 saturated heterocycles. The third-order valence-electron chi connectivity index (χ3n) is 2.00. The van der Waals surface area contributed by atoms with E-state index in [9.17, 15) is 9.00 Å². The number of halogens is 1. The number of anilines is 1. The number of hydrogen-bond donors (Lipinski definition) is 1. The minimum Gasteiger partial charge on any atom is -0.382 e. The Bertz CT molecular complexity index is 447. The standard InChI is InChI=1S/C9H14ClN3O2S/c1-13-9(14)8(10)7(6-12-13)11-4-3-5-16(2)15/h6,11H,3-5H2,1-2H3. The largest absolute Gasteiger partial charge is 0.382 e. The molecule has 16 heavy (non-hydrogen) atoms. The zero-order valence-corrected chi connectivity index (χ0v) is 10.8. The van der Waals surface area contributed by atoms with Gasteiger partial charge in [0.25, 0.3) is 5.56 Å². The second kappa shape index (κ2) is 6.00. The van der Waals surface area contributed by atoms with Gasteiger partial charge in [0.1, 0.15) is 5.02 Å². The number of rotatable bonds is 5. The van der Waals surface area contributed by atoms with Crippen molar-refractivity contribution >= 4 is 28.1 Å². The molecule has 0 aliphatic heterocycles. The van der Waals surface area contributed by atoms with E-state index in [1.807, 2.05) is 0 Å². The minimum absolute atomic E-state index is 0.134. The molecule has 1 rings (SSSR count). The van der Waals surface area contributed by atoms with Crippen LogP contribution < -0.4 is 10.9 Å². The second-order valence-electron chi connectivity index (χ2n) is 3.36. The molecule has 1 N–H and O–H groups in total. The maximum Gasteiger partial charge on any atom is 0.287 e. The Morgan fingerprint density at radius 2 is 2.31 bits per heavy atom. The number of nitrogens with zero attached hydrogens (tertiary/aromatic N) is 2. The molecule has 0 aromatic carbocycles. The molecule has 0 fully saturated rings. The fraction of sp³-hybridized carbons (Fsp3) is 0.556. The summed E-state index contributed by atoms with van der Waals surface area (Å²) < 4.78 is 12.0. The predicted octanol–water partition coefficient (Wildman–Crippen LogP) is 0.614. The van der Waals surface area contributed by atoms with Crippen molar-refractivity contribution in [3.8, 4) is 0 Å². The molecule has 1 heterocycles. The minimum atomic E-state index is -0.791. The van der Waals surface area contributed by atoms with Crippen molar-refractivity contribution in [2.75, 3.05) is 23.9 Å². The monoisotopic (exact) mass is 263 g/mol. The SMILES string of the molecule is Cn1ncc(NCCCS(C)=O)c(Cl)c1=O. The lowest BCUT2D eigenvalue weighted by Gasteiger charge is -2.07. The van der Waals surface area contributed by atoms with Gasteiger partial charge in [-0.25, -0.2) is 4.68 Å². The zero-order chi connectivity index (χ0) is 12.1. The van der Waals surface area contributed by atoms with Crippen LogP contribution in [0.5, 0.6) is 0 Å². The van der Waals surface area contributed by atoms with Gasteiger partial charge >= 0.3 is 0 Å². The smallest absolute Gasteiger partial charge is 0.287 e. The molecular formula is C9H14ClN3O2S. The average molecular weight is 264 g/mol. The van der Waals surface area contributed by atoms with Crippen molar-refractivity contribution in [3.63, 3.8) is 0 Å². The first-order valence-corrected chi connectivity index (χ1v) is 6.88. The number of aryl methyl sites for hydroxylation is 1. The lowest BCUT2D eigenvalue weighted by atomic mass is 10.4. The average Bonchev–Trinajstić information content (AvgIpc) is 2.23. The van der Waals surface area contributed by atoms with Crippen LogP contribution in [0.3, 0.4) is 0 Å². The Morgan fingerprint density at radius 1 is 1.62 bits per heavy atom. The van der Waals surface area contributed by atoms with E-state index < -0.39 is 10.8 Å². The lowest BCUT2D eigenvalue weighted by Crippen LogP contribution is -2.21. The van der Waals surface area contributed by atoms with Crippen molar-refractivity contribution in [1.29, 1.82) is 0 Å². The quantitative estimate of drug-likeness (QED) is 0.791. The molecule has 5 nitrogen and oxygen atoms in total. The van der Waals surface area contributed by atoms with Gasteiger partial charge < -0.3 is 5.32 Å². The molecular weight excluding hydrogens is 250 g/mol. The van der Waals surface area contributed by atoms with Gasteiger partial charge in [-0.05, 0) is 6.42 Å². The summed E-state index contributed by atoms with van der Waals surface area (Å²) in [5.41, 5.74) is 0.192. The summed E-state index contributed by atoms with van der Waals surface area (Å²) in [6.07, 6.45) is 3.92. The molecule has 0 amide bonds. The summed E-state index contributed by atoms with van der Waals surface area (Å²) >= 11 is 5.84. The van der Waals surface area contributed by atoms with E-state index in [2.05, 4.69) is 10.4 Å². The van der Waals surface area contributed by atoms with E-state index in [-0.39, 0.29) is 10.6 Å². The molecule has 7 heteroatoms. The van der Waals surface area contributed by atoms with Crippen molar-refractivity contribution in [3.05, 3.63) is 21.6 Å². The molecule has 1 unspecified atom stereocenters. The van der Waals surface area contributed by atoms with Crippen LogP contribution in [0.4, 0.5) is 5.69 Å². The van der Waals surface area contributed by atoms with E-state index in [4.69, 9.17) is 11.6 Å². The van der Waals surface area contributed by atoms with Crippen molar-refractivity contribution < 1.29 is 4.21 Å². The van der Waals surface area contributed by atoms with Crippen molar-refractivity contribution in [1.82, 2.24) is 9.78 Å². The van der Waals surface area contributed by atoms with Crippen LogP contribution in [-0.2, 0) is 17.8 Å². The Hall–Kier alpha value is -0.880. The van der Waals surface area contributed by atoms with Crippen LogP contribution >= 0.6 is 11.6 Å². The van der Waals surface area contributed by atoms with Gasteiger partial charge in [-0.15, -0.1) is 0 Å². The zero-order valence-electron chi connectivity index (χ0n) is 9.20. The van der Waals surface area contributed by atoms with E-state index in [1.165, 1.54) is 17.9 Å². The highest BCUT2D eigenvalue weighted by Gasteiger charge is 2.06. The predicted molar refractivity (Wildman–Crippen MR) is 66.5 cm³/mol. The molecule has 0 saturated carbocycles. The number of hydrogen-bond acceptors (Lipinski definition) is 4. The normalized spacial score (nSPS) is 12.4. The van der Waals surface area contributed by atoms with E-state index in [1.54, 1.807) is 6.26 Å². The van der Waals surface area contributed by atoms with Crippen LogP contribution in [0.25, 0.3) is 0 Å². The van der Waals surface area contributed by atoms with Gasteiger partial charge in [0.15, 0.2) is 0 Å². The van der Waals surface area contributed by atoms with Crippen LogP contribution in [0.15, 0.2) is 11.0 Å². The first-order chi connectivity index (χ1) is 7.52. The fourth-order valence-corrected chi connectivity index (χ4v) is 1.92. The summed E-state index contributed by atoms with van der Waals surface area (Å²) in [4.78, 5) is 11.4. The molecule has 1 aromatic heterocycles. The summed E-state index contributed by atoms with van der Waals surface area (Å²) in [6, 6.07) is 0. The maximum atomic E-state index is 11.4. The molecule has 0 bridgehead atoms. The van der Waals surface area contributed by atoms with E-state index >= 15 is 0 Å². The van der Waals surface area contributed by atoms with Gasteiger partial charge in [-0.2, -0.15) is 5.10 Å². The van der Waals surface area contributed by atoms with Gasteiger partial charge in [-0.1, -0.05) is 11.6 Å². The first kappa shape index (κ1) is 13.2. The van der Waals surface area contributed by atoms with Crippen LogP contribution in [-0.4, -0.2) is 32.5 Å². The molecule has 0 spiro atoms. The van der Waals surface area contributed by atoms with Gasteiger partial charge in [0, 0.05) is 36.4 Å². The van der Waals surface area contributed by atoms with E-state index in [0.717, 1.165) is 6.42 Å². The molecule has 0 aliphatic carbocycles. The van der Waals surface area contributed by atoms with Crippen molar-refractivity contribution in [2.24, 2.45) is 7.05 Å². The number of nitrogens with one attached hydrogen (secondary N) is 1. The van der Waals surface area contributed by atoms with Crippen molar-refractivity contribution in [2.45, 2.75) is 6.42 Å². The Kier molecular flexibility index (Phi) is 4.95. The van der Waals surface area contributed by atoms with Crippen LogP contribution in [0.2, 0.25) is 5.02 Å². The van der Waals surface area contributed by atoms with Gasteiger partial charge in [0.2, 0.25) is 0 Å². The molecule has 1 atom stereocenters. The van der Waals surface area contributed by atoms with Crippen LogP contribution in [0.1, 0.15) is 6.42 Å². The highest BCUT2D eigenvalue weighted by atomic mass is 35.5. The van der Waals surface area contributed by atoms with Crippen LogP contribution in [0, 0.1) is 0 Å². The summed E-state index contributed by atoms with van der Waals surface area (Å²) in [5.74, 6) is 0.628. The molecule has 1 aromatic rings. The fourth-order valence-electron chi connectivity index (χ4n) is 1.13. The Morgan fingerprint density at radius 3 is 2.94 bits per heavy atom. The molecule has 90 valence electrons. The summed E-state index contributed by atoms with van der Waals surface area (Å²) in [5, 5.41) is 6.98. The third kappa shape index (κ3) is 3.61. The highest BCUT2D eigenvalue weighted by Crippen LogP contribution is 2.14. The summed E-state index contributed by atoms with van der Waals surface area (Å²) in [7, 11) is 0.749. The lowest BCUT2D eigenvalue weighted by molar-refractivity contribution is 0.685. The molecule has 0 aliphatic rings. The Labute approximate surface area is 101 Å². The van der Waals surface area contributed by atoms with E-state index in [0.29, 0.717) is 18.0 Å². The second-order valence-corrected chi connectivity index (χ2v) is 5.29. The molecule has 0 radical (unpaired) electrons.